The van der Waals surface area contributed by atoms with Gasteiger partial charge in [-0.05, 0) is 44.5 Å². The van der Waals surface area contributed by atoms with Gasteiger partial charge >= 0.3 is 0 Å². The number of nitrogens with one attached hydrogen (secondary N) is 1. The fourth-order valence-corrected chi connectivity index (χ4v) is 2.27. The molecular weight excluding hydrogens is 240 g/mol. The second kappa shape index (κ2) is 7.36. The third-order valence-corrected chi connectivity index (χ3v) is 3.50. The first-order valence-electron chi connectivity index (χ1n) is 7.11. The zero-order valence-electron chi connectivity index (χ0n) is 11.9. The maximum absolute atomic E-state index is 5.50. The SMILES string of the molecule is CCN(CC)c1ccc(NCC2CCOCO2)cc1. The monoisotopic (exact) mass is 264 g/mol. The van der Waals surface area contributed by atoms with E-state index < -0.39 is 0 Å². The standard InChI is InChI=1S/C15H24N2O2/c1-3-17(4-2)14-7-5-13(6-8-14)16-11-15-9-10-18-12-19-15/h5-8,15-16H,3-4,9-12H2,1-2H3. The van der Waals surface area contributed by atoms with Crippen LogP contribution < -0.4 is 10.2 Å². The zero-order valence-corrected chi connectivity index (χ0v) is 11.9. The summed E-state index contributed by atoms with van der Waals surface area (Å²) < 4.78 is 10.7. The zero-order chi connectivity index (χ0) is 13.5. The van der Waals surface area contributed by atoms with Crippen LogP contribution in [0.5, 0.6) is 0 Å². The van der Waals surface area contributed by atoms with Crippen LogP contribution in [0.2, 0.25) is 0 Å². The number of benzene rings is 1. The maximum Gasteiger partial charge on any atom is 0.147 e. The number of anilines is 2. The lowest BCUT2D eigenvalue weighted by Crippen LogP contribution is -2.30. The molecule has 0 aromatic heterocycles. The van der Waals surface area contributed by atoms with Crippen molar-refractivity contribution in [2.45, 2.75) is 26.4 Å². The Labute approximate surface area is 115 Å². The van der Waals surface area contributed by atoms with E-state index in [2.05, 4.69) is 48.3 Å². The minimum absolute atomic E-state index is 0.260. The van der Waals surface area contributed by atoms with Gasteiger partial charge in [-0.15, -0.1) is 0 Å². The van der Waals surface area contributed by atoms with E-state index in [9.17, 15) is 0 Å². The second-order valence-corrected chi connectivity index (χ2v) is 4.70. The molecule has 0 aliphatic carbocycles. The molecular formula is C15H24N2O2. The van der Waals surface area contributed by atoms with Crippen molar-refractivity contribution >= 4 is 11.4 Å². The molecule has 4 nitrogen and oxygen atoms in total. The van der Waals surface area contributed by atoms with E-state index in [4.69, 9.17) is 9.47 Å². The molecule has 0 bridgehead atoms. The van der Waals surface area contributed by atoms with Crippen molar-refractivity contribution in [3.05, 3.63) is 24.3 Å². The average molecular weight is 264 g/mol. The molecule has 106 valence electrons. The van der Waals surface area contributed by atoms with Crippen LogP contribution in [0.1, 0.15) is 20.3 Å². The molecule has 0 amide bonds. The smallest absolute Gasteiger partial charge is 0.147 e. The summed E-state index contributed by atoms with van der Waals surface area (Å²) in [6, 6.07) is 8.60. The number of rotatable bonds is 6. The van der Waals surface area contributed by atoms with E-state index in [-0.39, 0.29) is 6.10 Å². The van der Waals surface area contributed by atoms with Gasteiger partial charge in [0.05, 0.1) is 12.7 Å². The molecule has 1 unspecified atom stereocenters. The second-order valence-electron chi connectivity index (χ2n) is 4.70. The Morgan fingerprint density at radius 1 is 1.21 bits per heavy atom. The number of ether oxygens (including phenoxy) is 2. The molecule has 1 fully saturated rings. The summed E-state index contributed by atoms with van der Waals surface area (Å²) in [5.74, 6) is 0. The predicted octanol–water partition coefficient (Wildman–Crippen LogP) is 2.71. The predicted molar refractivity (Wildman–Crippen MR) is 78.8 cm³/mol. The summed E-state index contributed by atoms with van der Waals surface area (Å²) in [7, 11) is 0. The third kappa shape index (κ3) is 4.11. The summed E-state index contributed by atoms with van der Waals surface area (Å²) in [4.78, 5) is 2.34. The van der Waals surface area contributed by atoms with Crippen LogP contribution in [0.3, 0.4) is 0 Å². The highest BCUT2D eigenvalue weighted by Crippen LogP contribution is 2.18. The van der Waals surface area contributed by atoms with Gasteiger partial charge in [0.15, 0.2) is 0 Å². The van der Waals surface area contributed by atoms with E-state index in [1.165, 1.54) is 5.69 Å². The summed E-state index contributed by atoms with van der Waals surface area (Å²) in [5, 5.41) is 3.42. The molecule has 0 saturated carbocycles. The van der Waals surface area contributed by atoms with Gasteiger partial charge in [-0.1, -0.05) is 0 Å². The van der Waals surface area contributed by atoms with E-state index in [0.717, 1.165) is 38.3 Å². The molecule has 19 heavy (non-hydrogen) atoms. The van der Waals surface area contributed by atoms with Crippen LogP contribution in [0.15, 0.2) is 24.3 Å². The van der Waals surface area contributed by atoms with Crippen molar-refractivity contribution in [1.82, 2.24) is 0 Å². The van der Waals surface area contributed by atoms with Gasteiger partial charge < -0.3 is 19.7 Å². The summed E-state index contributed by atoms with van der Waals surface area (Å²) in [6.45, 7) is 8.50. The van der Waals surface area contributed by atoms with Crippen LogP contribution in [0.4, 0.5) is 11.4 Å². The molecule has 1 aromatic rings. The largest absolute Gasteiger partial charge is 0.382 e. The van der Waals surface area contributed by atoms with Crippen molar-refractivity contribution in [1.29, 1.82) is 0 Å². The van der Waals surface area contributed by atoms with Gasteiger partial charge in [0.2, 0.25) is 0 Å². The quantitative estimate of drug-likeness (QED) is 0.856. The normalized spacial score (nSPS) is 19.2. The Morgan fingerprint density at radius 2 is 1.95 bits per heavy atom. The molecule has 1 saturated heterocycles. The van der Waals surface area contributed by atoms with Gasteiger partial charge in [0.25, 0.3) is 0 Å². The van der Waals surface area contributed by atoms with Crippen molar-refractivity contribution in [2.24, 2.45) is 0 Å². The average Bonchev–Trinajstić information content (AvgIpc) is 2.49. The summed E-state index contributed by atoms with van der Waals surface area (Å²) >= 11 is 0. The lowest BCUT2D eigenvalue weighted by Gasteiger charge is -2.24. The van der Waals surface area contributed by atoms with Gasteiger partial charge in [0, 0.05) is 31.0 Å². The fraction of sp³-hybridized carbons (Fsp3) is 0.600. The number of hydrogen-bond acceptors (Lipinski definition) is 4. The molecule has 1 aliphatic rings. The van der Waals surface area contributed by atoms with Crippen LogP contribution in [0, 0.1) is 0 Å². The van der Waals surface area contributed by atoms with Crippen molar-refractivity contribution in [3.63, 3.8) is 0 Å². The van der Waals surface area contributed by atoms with E-state index in [0.29, 0.717) is 6.79 Å². The lowest BCUT2D eigenvalue weighted by molar-refractivity contribution is -0.133. The van der Waals surface area contributed by atoms with Gasteiger partial charge in [-0.3, -0.25) is 0 Å². The Morgan fingerprint density at radius 3 is 2.53 bits per heavy atom. The van der Waals surface area contributed by atoms with Crippen LogP contribution in [-0.2, 0) is 9.47 Å². The van der Waals surface area contributed by atoms with E-state index >= 15 is 0 Å². The molecule has 4 heteroatoms. The lowest BCUT2D eigenvalue weighted by atomic mass is 10.2. The molecule has 0 spiro atoms. The maximum atomic E-state index is 5.50. The van der Waals surface area contributed by atoms with E-state index in [1.54, 1.807) is 0 Å². The highest BCUT2D eigenvalue weighted by molar-refractivity contribution is 5.55. The number of nitrogens with zero attached hydrogens (tertiary/aromatic N) is 1. The van der Waals surface area contributed by atoms with Gasteiger partial charge in [-0.2, -0.15) is 0 Å². The van der Waals surface area contributed by atoms with Crippen LogP contribution >= 0.6 is 0 Å². The Bertz CT molecular complexity index is 357. The highest BCUT2D eigenvalue weighted by Gasteiger charge is 2.13. The van der Waals surface area contributed by atoms with Crippen molar-refractivity contribution in [2.75, 3.05) is 43.3 Å². The minimum atomic E-state index is 0.260. The Hall–Kier alpha value is -1.26. The van der Waals surface area contributed by atoms with E-state index in [1.807, 2.05) is 0 Å². The first-order chi connectivity index (χ1) is 9.33. The van der Waals surface area contributed by atoms with Gasteiger partial charge in [-0.25, -0.2) is 0 Å². The highest BCUT2D eigenvalue weighted by atomic mass is 16.7. The molecule has 1 atom stereocenters. The summed E-state index contributed by atoms with van der Waals surface area (Å²) in [5.41, 5.74) is 2.42. The molecule has 1 aliphatic heterocycles. The fourth-order valence-electron chi connectivity index (χ4n) is 2.27. The molecule has 0 radical (unpaired) electrons. The first kappa shape index (κ1) is 14.2. The molecule has 1 N–H and O–H groups in total. The Kier molecular flexibility index (Phi) is 5.48. The Balaban J connectivity index is 1.84. The first-order valence-corrected chi connectivity index (χ1v) is 7.11. The molecule has 2 rings (SSSR count). The van der Waals surface area contributed by atoms with Crippen LogP contribution in [0.25, 0.3) is 0 Å². The van der Waals surface area contributed by atoms with Crippen molar-refractivity contribution in [3.8, 4) is 0 Å². The summed E-state index contributed by atoms with van der Waals surface area (Å²) in [6.07, 6.45) is 1.22. The van der Waals surface area contributed by atoms with Crippen molar-refractivity contribution < 1.29 is 9.47 Å². The molecule has 1 aromatic carbocycles. The number of hydrogen-bond donors (Lipinski definition) is 1. The van der Waals surface area contributed by atoms with Crippen LogP contribution in [-0.4, -0.2) is 39.1 Å². The minimum Gasteiger partial charge on any atom is -0.382 e. The third-order valence-electron chi connectivity index (χ3n) is 3.50. The van der Waals surface area contributed by atoms with Gasteiger partial charge in [0.1, 0.15) is 6.79 Å². The topological polar surface area (TPSA) is 33.7 Å². The molecule has 1 heterocycles.